The zero-order valence-corrected chi connectivity index (χ0v) is 20.4. The summed E-state index contributed by atoms with van der Waals surface area (Å²) in [7, 11) is 0. The normalized spacial score (nSPS) is 13.7. The highest BCUT2D eigenvalue weighted by Crippen LogP contribution is 2.27. The molecule has 36 heavy (non-hydrogen) atoms. The molecule has 1 aliphatic rings. The van der Waals surface area contributed by atoms with Crippen molar-refractivity contribution >= 4 is 34.1 Å². The van der Waals surface area contributed by atoms with Crippen LogP contribution in [0.4, 0.5) is 11.6 Å². The van der Waals surface area contributed by atoms with Crippen LogP contribution in [0, 0.1) is 0 Å². The number of hydrogen-bond donors (Lipinski definition) is 1. The number of benzene rings is 1. The number of morpholine rings is 1. The average molecular weight is 500 g/mol. The first-order valence-corrected chi connectivity index (χ1v) is 12.8. The molecule has 5 heterocycles. The lowest BCUT2D eigenvalue weighted by molar-refractivity contribution is 0.122. The van der Waals surface area contributed by atoms with Gasteiger partial charge in [-0.15, -0.1) is 0 Å². The highest BCUT2D eigenvalue weighted by Gasteiger charge is 2.17. The van der Waals surface area contributed by atoms with Crippen LogP contribution in [0.1, 0.15) is 0 Å². The van der Waals surface area contributed by atoms with E-state index in [1.807, 2.05) is 64.7 Å². The number of thiophene rings is 1. The molecule has 10 heteroatoms. The summed E-state index contributed by atoms with van der Waals surface area (Å²) in [6, 6.07) is 15.9. The number of nitrogens with zero attached hydrogens (tertiary/aromatic N) is 6. The van der Waals surface area contributed by atoms with Gasteiger partial charge in [0.05, 0.1) is 25.4 Å². The van der Waals surface area contributed by atoms with Crippen molar-refractivity contribution in [3.63, 3.8) is 0 Å². The van der Waals surface area contributed by atoms with Gasteiger partial charge in [-0.2, -0.15) is 11.3 Å². The molecule has 0 radical (unpaired) electrons. The summed E-state index contributed by atoms with van der Waals surface area (Å²) < 4.78 is 13.3. The van der Waals surface area contributed by atoms with Crippen LogP contribution in [0.25, 0.3) is 28.2 Å². The van der Waals surface area contributed by atoms with Gasteiger partial charge in [-0.05, 0) is 35.7 Å². The predicted molar refractivity (Wildman–Crippen MR) is 141 cm³/mol. The lowest BCUT2D eigenvalue weighted by Crippen LogP contribution is -2.36. The van der Waals surface area contributed by atoms with Crippen molar-refractivity contribution in [3.05, 3.63) is 71.8 Å². The molecule has 9 nitrogen and oxygen atoms in total. The lowest BCUT2D eigenvalue weighted by atomic mass is 10.2. The van der Waals surface area contributed by atoms with Crippen molar-refractivity contribution in [1.82, 2.24) is 24.5 Å². The summed E-state index contributed by atoms with van der Waals surface area (Å²) in [5, 5.41) is 7.51. The fourth-order valence-corrected chi connectivity index (χ4v) is 4.72. The molecule has 1 saturated heterocycles. The number of nitrogens with one attached hydrogen (secondary N) is 1. The Morgan fingerprint density at radius 3 is 2.67 bits per heavy atom. The van der Waals surface area contributed by atoms with Crippen LogP contribution in [0.3, 0.4) is 0 Å². The van der Waals surface area contributed by atoms with Gasteiger partial charge in [0.2, 0.25) is 0 Å². The molecule has 0 amide bonds. The van der Waals surface area contributed by atoms with Crippen LogP contribution in [0.2, 0.25) is 0 Å². The molecule has 182 valence electrons. The van der Waals surface area contributed by atoms with Gasteiger partial charge in [-0.25, -0.2) is 19.9 Å². The Labute approximate surface area is 212 Å². The monoisotopic (exact) mass is 499 g/mol. The summed E-state index contributed by atoms with van der Waals surface area (Å²) in [5.41, 5.74) is 3.31. The second-order valence-electron chi connectivity index (χ2n) is 8.26. The fourth-order valence-electron chi connectivity index (χ4n) is 4.09. The van der Waals surface area contributed by atoms with Crippen LogP contribution in [0.15, 0.2) is 71.8 Å². The van der Waals surface area contributed by atoms with Crippen LogP contribution in [-0.2, 0) is 4.74 Å². The van der Waals surface area contributed by atoms with E-state index in [0.717, 1.165) is 54.8 Å². The van der Waals surface area contributed by atoms with Gasteiger partial charge in [0.25, 0.3) is 0 Å². The van der Waals surface area contributed by atoms with Crippen molar-refractivity contribution in [2.24, 2.45) is 0 Å². The van der Waals surface area contributed by atoms with E-state index >= 15 is 0 Å². The summed E-state index contributed by atoms with van der Waals surface area (Å²) in [6.45, 7) is 4.19. The van der Waals surface area contributed by atoms with E-state index in [9.17, 15) is 0 Å². The van der Waals surface area contributed by atoms with Crippen LogP contribution < -0.4 is 15.0 Å². The Bertz CT molecular complexity index is 1420. The number of fused-ring (bicyclic) bond motifs is 1. The molecule has 0 atom stereocenters. The third kappa shape index (κ3) is 4.73. The average Bonchev–Trinajstić information content (AvgIpc) is 3.62. The Kier molecular flexibility index (Phi) is 6.43. The Hall–Kier alpha value is -4.02. The summed E-state index contributed by atoms with van der Waals surface area (Å²) >= 11 is 1.63. The maximum Gasteiger partial charge on any atom is 0.170 e. The number of pyridine rings is 1. The standard InChI is InChI=1S/C26H25N7O2S/c1-2-4-21(5-3-1)35-12-9-27-25-23-26(33(18-29-23)20-8-15-36-17-20)31-24(30-25)19-6-7-22(28-16-19)32-10-13-34-14-11-32/h1-8,15-18H,9-14H2,(H,27,30,31). The number of ether oxygens (including phenoxy) is 2. The van der Waals surface area contributed by atoms with Gasteiger partial charge >= 0.3 is 0 Å². The summed E-state index contributed by atoms with van der Waals surface area (Å²) in [4.78, 5) is 21.3. The van der Waals surface area contributed by atoms with Crippen LogP contribution in [0.5, 0.6) is 5.75 Å². The van der Waals surface area contributed by atoms with Crippen molar-refractivity contribution in [3.8, 4) is 22.8 Å². The molecular weight excluding hydrogens is 474 g/mol. The summed E-state index contributed by atoms with van der Waals surface area (Å²) in [5.74, 6) is 3.02. The van der Waals surface area contributed by atoms with E-state index in [2.05, 4.69) is 25.6 Å². The highest BCUT2D eigenvalue weighted by atomic mass is 32.1. The molecule has 5 aromatic rings. The number of para-hydroxylation sites is 1. The first kappa shape index (κ1) is 22.4. The third-order valence-corrected chi connectivity index (χ3v) is 6.60. The van der Waals surface area contributed by atoms with E-state index < -0.39 is 0 Å². The first-order chi connectivity index (χ1) is 17.8. The Balaban J connectivity index is 1.29. The molecule has 0 saturated carbocycles. The van der Waals surface area contributed by atoms with Gasteiger partial charge in [0, 0.05) is 30.2 Å². The molecule has 1 N–H and O–H groups in total. The zero-order chi connectivity index (χ0) is 24.2. The first-order valence-electron chi connectivity index (χ1n) is 11.8. The van der Waals surface area contributed by atoms with Crippen molar-refractivity contribution < 1.29 is 9.47 Å². The molecule has 0 unspecified atom stereocenters. The number of hydrogen-bond acceptors (Lipinski definition) is 9. The Morgan fingerprint density at radius 2 is 1.89 bits per heavy atom. The van der Waals surface area contributed by atoms with E-state index in [1.165, 1.54) is 0 Å². The summed E-state index contributed by atoms with van der Waals surface area (Å²) in [6.07, 6.45) is 3.62. The van der Waals surface area contributed by atoms with E-state index in [4.69, 9.17) is 19.4 Å². The Morgan fingerprint density at radius 1 is 1.00 bits per heavy atom. The lowest BCUT2D eigenvalue weighted by Gasteiger charge is -2.27. The van der Waals surface area contributed by atoms with Crippen molar-refractivity contribution in [1.29, 1.82) is 0 Å². The van der Waals surface area contributed by atoms with Gasteiger partial charge in [0.15, 0.2) is 22.8 Å². The molecule has 4 aromatic heterocycles. The number of aromatic nitrogens is 5. The van der Waals surface area contributed by atoms with Crippen molar-refractivity contribution in [2.75, 3.05) is 49.7 Å². The molecular formula is C26H25N7O2S. The zero-order valence-electron chi connectivity index (χ0n) is 19.6. The van der Waals surface area contributed by atoms with Crippen LogP contribution in [-0.4, -0.2) is 64.0 Å². The van der Waals surface area contributed by atoms with Crippen molar-refractivity contribution in [2.45, 2.75) is 0 Å². The topological polar surface area (TPSA) is 90.2 Å². The minimum atomic E-state index is 0.492. The molecule has 6 rings (SSSR count). The van der Waals surface area contributed by atoms with E-state index in [-0.39, 0.29) is 0 Å². The maximum atomic E-state index is 5.84. The minimum absolute atomic E-state index is 0.492. The molecule has 0 spiro atoms. The maximum absolute atomic E-state index is 5.84. The smallest absolute Gasteiger partial charge is 0.170 e. The second kappa shape index (κ2) is 10.3. The predicted octanol–water partition coefficient (Wildman–Crippen LogP) is 4.27. The van der Waals surface area contributed by atoms with E-state index in [0.29, 0.717) is 30.3 Å². The SMILES string of the molecule is c1ccc(OCCNc2nc(-c3ccc(N4CCOCC4)nc3)nc3c2ncn3-c2ccsc2)cc1. The number of imidazole rings is 1. The van der Waals surface area contributed by atoms with E-state index in [1.54, 1.807) is 17.7 Å². The molecule has 0 aliphatic carbocycles. The quantitative estimate of drug-likeness (QED) is 0.317. The minimum Gasteiger partial charge on any atom is -0.492 e. The number of anilines is 2. The van der Waals surface area contributed by atoms with Gasteiger partial charge in [0.1, 0.15) is 24.5 Å². The molecule has 1 fully saturated rings. The van der Waals surface area contributed by atoms with Gasteiger partial charge in [-0.3, -0.25) is 4.57 Å². The largest absolute Gasteiger partial charge is 0.492 e. The number of rotatable bonds is 8. The van der Waals surface area contributed by atoms with Gasteiger partial charge < -0.3 is 19.7 Å². The highest BCUT2D eigenvalue weighted by molar-refractivity contribution is 7.08. The third-order valence-electron chi connectivity index (χ3n) is 5.93. The van der Waals surface area contributed by atoms with Gasteiger partial charge in [-0.1, -0.05) is 18.2 Å². The molecule has 1 aliphatic heterocycles. The molecule has 0 bridgehead atoms. The second-order valence-corrected chi connectivity index (χ2v) is 9.04. The van der Waals surface area contributed by atoms with Crippen LogP contribution >= 0.6 is 11.3 Å². The fraction of sp³-hybridized carbons (Fsp3) is 0.231. The molecule has 1 aromatic carbocycles.